The van der Waals surface area contributed by atoms with Crippen LogP contribution in [0.3, 0.4) is 0 Å². The van der Waals surface area contributed by atoms with Gasteiger partial charge in [0.05, 0.1) is 21.9 Å². The van der Waals surface area contributed by atoms with Gasteiger partial charge < -0.3 is 10.4 Å². The molecule has 0 aliphatic rings. The Balaban J connectivity index is 2.22. The SMILES string of the molecule is CCCC(=O)N[C@H](c1ccc(Cl)cc1)c1cc([N+](=O)[O-])c2cccnc2c1[O-]. The summed E-state index contributed by atoms with van der Waals surface area (Å²) in [5.41, 5.74) is 0.442. The minimum Gasteiger partial charge on any atom is -0.871 e. The molecule has 0 saturated carbocycles. The Hall–Kier alpha value is -3.19. The highest BCUT2D eigenvalue weighted by Gasteiger charge is 2.23. The second kappa shape index (κ2) is 8.22. The number of pyridine rings is 1. The van der Waals surface area contributed by atoms with E-state index in [1.165, 1.54) is 24.4 Å². The minimum absolute atomic E-state index is 0.00426. The van der Waals surface area contributed by atoms with Crippen molar-refractivity contribution in [2.45, 2.75) is 25.8 Å². The zero-order valence-electron chi connectivity index (χ0n) is 15.0. The van der Waals surface area contributed by atoms with E-state index in [9.17, 15) is 20.0 Å². The summed E-state index contributed by atoms with van der Waals surface area (Å²) < 4.78 is 0. The van der Waals surface area contributed by atoms with Crippen LogP contribution in [0.2, 0.25) is 5.02 Å². The number of rotatable bonds is 6. The van der Waals surface area contributed by atoms with Gasteiger partial charge in [0, 0.05) is 23.7 Å². The molecule has 1 N–H and O–H groups in total. The van der Waals surface area contributed by atoms with Crippen molar-refractivity contribution in [3.63, 3.8) is 0 Å². The predicted molar refractivity (Wildman–Crippen MR) is 104 cm³/mol. The minimum atomic E-state index is -0.853. The number of carbonyl (C=O) groups is 1. The summed E-state index contributed by atoms with van der Waals surface area (Å²) in [6.07, 6.45) is 2.30. The topological polar surface area (TPSA) is 108 Å². The molecular weight excluding hydrogens is 382 g/mol. The molecule has 0 aliphatic carbocycles. The van der Waals surface area contributed by atoms with Gasteiger partial charge in [-0.05, 0) is 41.8 Å². The summed E-state index contributed by atoms with van der Waals surface area (Å²) in [4.78, 5) is 27.3. The molecule has 8 heteroatoms. The zero-order chi connectivity index (χ0) is 20.3. The Kier molecular flexibility index (Phi) is 5.75. The van der Waals surface area contributed by atoms with Gasteiger partial charge in [0.2, 0.25) is 5.91 Å². The van der Waals surface area contributed by atoms with Crippen molar-refractivity contribution in [2.75, 3.05) is 0 Å². The first-order valence-corrected chi connectivity index (χ1v) is 9.08. The molecule has 1 aromatic heterocycles. The van der Waals surface area contributed by atoms with Crippen molar-refractivity contribution >= 4 is 34.1 Å². The lowest BCUT2D eigenvalue weighted by atomic mass is 9.95. The first-order chi connectivity index (χ1) is 13.4. The average Bonchev–Trinajstić information content (AvgIpc) is 2.68. The van der Waals surface area contributed by atoms with Crippen LogP contribution < -0.4 is 10.4 Å². The lowest BCUT2D eigenvalue weighted by Gasteiger charge is -2.25. The summed E-state index contributed by atoms with van der Waals surface area (Å²) in [5.74, 6) is -0.719. The number of carbonyl (C=O) groups excluding carboxylic acids is 1. The molecule has 1 amide bonds. The molecule has 3 aromatic rings. The van der Waals surface area contributed by atoms with Gasteiger partial charge in [0.15, 0.2) is 0 Å². The number of hydrogen-bond acceptors (Lipinski definition) is 5. The zero-order valence-corrected chi connectivity index (χ0v) is 15.8. The van der Waals surface area contributed by atoms with Crippen LogP contribution in [0.1, 0.15) is 36.9 Å². The summed E-state index contributed by atoms with van der Waals surface area (Å²) in [6.45, 7) is 1.86. The molecule has 28 heavy (non-hydrogen) atoms. The standard InChI is InChI=1S/C20H18ClN3O4/c1-2-4-17(25)23-18(12-6-8-13(21)9-7-12)15-11-16(24(27)28)14-5-3-10-22-19(14)20(15)26/h3,5-11,18,26H,2,4H2,1H3,(H,23,25)/p-1/t18-/m1/s1. The van der Waals surface area contributed by atoms with Crippen molar-refractivity contribution in [3.05, 3.63) is 74.9 Å². The van der Waals surface area contributed by atoms with Crippen molar-refractivity contribution in [3.8, 4) is 5.75 Å². The van der Waals surface area contributed by atoms with Crippen LogP contribution in [-0.4, -0.2) is 15.8 Å². The third-order valence-electron chi connectivity index (χ3n) is 4.35. The van der Waals surface area contributed by atoms with Crippen LogP contribution in [0.25, 0.3) is 10.9 Å². The van der Waals surface area contributed by atoms with Crippen LogP contribution >= 0.6 is 11.6 Å². The smallest absolute Gasteiger partial charge is 0.279 e. The highest BCUT2D eigenvalue weighted by atomic mass is 35.5. The van der Waals surface area contributed by atoms with Crippen molar-refractivity contribution in [1.82, 2.24) is 10.3 Å². The molecule has 3 rings (SSSR count). The maximum atomic E-state index is 13.1. The number of aromatic nitrogens is 1. The van der Waals surface area contributed by atoms with Crippen LogP contribution in [0.5, 0.6) is 5.75 Å². The van der Waals surface area contributed by atoms with Crippen LogP contribution in [0, 0.1) is 10.1 Å². The molecule has 2 aromatic carbocycles. The fourth-order valence-electron chi connectivity index (χ4n) is 3.04. The van der Waals surface area contributed by atoms with Gasteiger partial charge in [0.25, 0.3) is 5.69 Å². The summed E-state index contributed by atoms with van der Waals surface area (Å²) in [5, 5.41) is 28.1. The number of nitrogens with zero attached hydrogens (tertiary/aromatic N) is 2. The van der Waals surface area contributed by atoms with Gasteiger partial charge >= 0.3 is 0 Å². The van der Waals surface area contributed by atoms with Gasteiger partial charge in [-0.3, -0.25) is 19.9 Å². The number of halogens is 1. The molecule has 0 radical (unpaired) electrons. The summed E-state index contributed by atoms with van der Waals surface area (Å²) in [6, 6.07) is 10.0. The van der Waals surface area contributed by atoms with E-state index < -0.39 is 16.7 Å². The summed E-state index contributed by atoms with van der Waals surface area (Å²) in [7, 11) is 0. The lowest BCUT2D eigenvalue weighted by Crippen LogP contribution is -2.29. The molecule has 0 fully saturated rings. The van der Waals surface area contributed by atoms with E-state index in [-0.39, 0.29) is 34.5 Å². The number of benzene rings is 2. The van der Waals surface area contributed by atoms with Crippen LogP contribution in [0.15, 0.2) is 48.7 Å². The van der Waals surface area contributed by atoms with Gasteiger partial charge in [0.1, 0.15) is 0 Å². The Morgan fingerprint density at radius 1 is 1.29 bits per heavy atom. The molecule has 0 aliphatic heterocycles. The van der Waals surface area contributed by atoms with E-state index in [1.54, 1.807) is 24.3 Å². The van der Waals surface area contributed by atoms with Crippen LogP contribution in [-0.2, 0) is 4.79 Å². The fraction of sp³-hybridized carbons (Fsp3) is 0.200. The van der Waals surface area contributed by atoms with Crippen molar-refractivity contribution in [1.29, 1.82) is 0 Å². The third kappa shape index (κ3) is 3.89. The fourth-order valence-corrected chi connectivity index (χ4v) is 3.17. The van der Waals surface area contributed by atoms with Gasteiger partial charge in [-0.15, -0.1) is 0 Å². The predicted octanol–water partition coefficient (Wildman–Crippen LogP) is 3.88. The highest BCUT2D eigenvalue weighted by Crippen LogP contribution is 2.38. The first kappa shape index (κ1) is 19.6. The van der Waals surface area contributed by atoms with E-state index >= 15 is 0 Å². The number of non-ortho nitro benzene ring substituents is 1. The average molecular weight is 399 g/mol. The maximum absolute atomic E-state index is 13.1. The van der Waals surface area contributed by atoms with E-state index in [0.29, 0.717) is 17.0 Å². The first-order valence-electron chi connectivity index (χ1n) is 8.70. The molecule has 0 bridgehead atoms. The highest BCUT2D eigenvalue weighted by molar-refractivity contribution is 6.30. The molecular formula is C20H17ClN3O4-. The number of hydrogen-bond donors (Lipinski definition) is 1. The molecule has 144 valence electrons. The van der Waals surface area contributed by atoms with Crippen molar-refractivity contribution in [2.24, 2.45) is 0 Å². The molecule has 0 unspecified atom stereocenters. The Morgan fingerprint density at radius 2 is 2.00 bits per heavy atom. The third-order valence-corrected chi connectivity index (χ3v) is 4.60. The lowest BCUT2D eigenvalue weighted by molar-refractivity contribution is -0.383. The number of nitrogens with one attached hydrogen (secondary N) is 1. The number of nitro groups is 1. The van der Waals surface area contributed by atoms with E-state index in [2.05, 4.69) is 10.3 Å². The molecule has 1 heterocycles. The van der Waals surface area contributed by atoms with Gasteiger partial charge in [-0.2, -0.15) is 0 Å². The van der Waals surface area contributed by atoms with E-state index in [0.717, 1.165) is 0 Å². The van der Waals surface area contributed by atoms with Gasteiger partial charge in [-0.1, -0.05) is 36.4 Å². The largest absolute Gasteiger partial charge is 0.871 e. The Labute approximate surface area is 166 Å². The van der Waals surface area contributed by atoms with E-state index in [4.69, 9.17) is 11.6 Å². The molecule has 1 atom stereocenters. The monoisotopic (exact) mass is 398 g/mol. The van der Waals surface area contributed by atoms with Crippen molar-refractivity contribution < 1.29 is 14.8 Å². The normalized spacial score (nSPS) is 11.9. The number of amides is 1. The second-order valence-electron chi connectivity index (χ2n) is 6.27. The quantitative estimate of drug-likeness (QED) is 0.500. The Morgan fingerprint density at radius 3 is 2.64 bits per heavy atom. The Bertz CT molecular complexity index is 1040. The molecule has 7 nitrogen and oxygen atoms in total. The van der Waals surface area contributed by atoms with E-state index in [1.807, 2.05) is 6.92 Å². The molecule has 0 saturated heterocycles. The second-order valence-corrected chi connectivity index (χ2v) is 6.71. The molecule has 0 spiro atoms. The number of fused-ring (bicyclic) bond motifs is 1. The maximum Gasteiger partial charge on any atom is 0.279 e. The van der Waals surface area contributed by atoms with Gasteiger partial charge in [-0.25, -0.2) is 0 Å². The van der Waals surface area contributed by atoms with Crippen LogP contribution in [0.4, 0.5) is 5.69 Å². The summed E-state index contributed by atoms with van der Waals surface area (Å²) >= 11 is 5.95. The number of nitro benzene ring substituents is 1.